The normalized spacial score (nSPS) is 11.0. The van der Waals surface area contributed by atoms with Gasteiger partial charge in [0.15, 0.2) is 5.65 Å². The average Bonchev–Trinajstić information content (AvgIpc) is 2.85. The third-order valence-corrected chi connectivity index (χ3v) is 3.52. The van der Waals surface area contributed by atoms with Gasteiger partial charge in [0.25, 0.3) is 0 Å². The van der Waals surface area contributed by atoms with Crippen LogP contribution in [-0.4, -0.2) is 16.0 Å². The maximum absolute atomic E-state index is 5.99. The summed E-state index contributed by atoms with van der Waals surface area (Å²) in [6.45, 7) is 4.89. The molecule has 2 aromatic heterocycles. The van der Waals surface area contributed by atoms with Gasteiger partial charge in [0, 0.05) is 17.5 Å². The van der Waals surface area contributed by atoms with Gasteiger partial charge in [-0.2, -0.15) is 0 Å². The fraction of sp³-hybridized carbons (Fsp3) is 0.235. The molecular weight excluding hydrogens is 262 g/mol. The molecule has 1 aromatic carbocycles. The summed E-state index contributed by atoms with van der Waals surface area (Å²) in [5.41, 5.74) is 10.6. The summed E-state index contributed by atoms with van der Waals surface area (Å²) in [6, 6.07) is 11.8. The Morgan fingerprint density at radius 2 is 1.95 bits per heavy atom. The van der Waals surface area contributed by atoms with E-state index in [1.54, 1.807) is 0 Å². The van der Waals surface area contributed by atoms with Crippen molar-refractivity contribution in [2.24, 2.45) is 0 Å². The van der Waals surface area contributed by atoms with Crippen molar-refractivity contribution in [1.29, 1.82) is 0 Å². The molecule has 108 valence electrons. The van der Waals surface area contributed by atoms with E-state index in [9.17, 15) is 0 Å². The Balaban J connectivity index is 2.00. The van der Waals surface area contributed by atoms with Crippen molar-refractivity contribution in [3.63, 3.8) is 0 Å². The van der Waals surface area contributed by atoms with E-state index in [1.807, 2.05) is 47.0 Å². The molecule has 21 heavy (non-hydrogen) atoms. The summed E-state index contributed by atoms with van der Waals surface area (Å²) < 4.78 is 7.63. The Morgan fingerprint density at radius 3 is 2.62 bits per heavy atom. The molecule has 0 aliphatic rings. The molecule has 0 bridgehead atoms. The fourth-order valence-corrected chi connectivity index (χ4v) is 2.41. The molecule has 0 amide bonds. The molecule has 4 heteroatoms. The lowest BCUT2D eigenvalue weighted by atomic mass is 10.1. The summed E-state index contributed by atoms with van der Waals surface area (Å²) in [6.07, 6.45) is 2.99. The number of hydrogen-bond acceptors (Lipinski definition) is 3. The van der Waals surface area contributed by atoms with E-state index in [4.69, 9.17) is 10.5 Å². The first-order valence-electron chi connectivity index (χ1n) is 7.17. The number of ether oxygens (including phenoxy) is 1. The maximum atomic E-state index is 5.99. The van der Waals surface area contributed by atoms with Crippen molar-refractivity contribution in [3.8, 4) is 17.0 Å². The summed E-state index contributed by atoms with van der Waals surface area (Å²) in [5, 5.41) is 0. The highest BCUT2D eigenvalue weighted by molar-refractivity contribution is 5.73. The monoisotopic (exact) mass is 281 g/mol. The van der Waals surface area contributed by atoms with E-state index >= 15 is 0 Å². The van der Waals surface area contributed by atoms with Gasteiger partial charge >= 0.3 is 0 Å². The number of benzene rings is 1. The lowest BCUT2D eigenvalue weighted by Gasteiger charge is -2.05. The van der Waals surface area contributed by atoms with Gasteiger partial charge in [-0.3, -0.25) is 0 Å². The molecule has 4 nitrogen and oxygen atoms in total. The molecule has 0 fully saturated rings. The predicted molar refractivity (Wildman–Crippen MR) is 85.6 cm³/mol. The Morgan fingerprint density at radius 1 is 1.19 bits per heavy atom. The van der Waals surface area contributed by atoms with Crippen LogP contribution in [0.5, 0.6) is 5.75 Å². The van der Waals surface area contributed by atoms with Gasteiger partial charge in [-0.05, 0) is 49.7 Å². The van der Waals surface area contributed by atoms with Gasteiger partial charge in [0.05, 0.1) is 18.0 Å². The number of rotatable bonds is 4. The lowest BCUT2D eigenvalue weighted by Crippen LogP contribution is -1.94. The van der Waals surface area contributed by atoms with Crippen LogP contribution in [-0.2, 0) is 0 Å². The van der Waals surface area contributed by atoms with Crippen LogP contribution in [0.4, 0.5) is 5.69 Å². The zero-order valence-electron chi connectivity index (χ0n) is 12.3. The molecule has 0 unspecified atom stereocenters. The van der Waals surface area contributed by atoms with Crippen LogP contribution in [0.25, 0.3) is 16.9 Å². The topological polar surface area (TPSA) is 52.5 Å². The highest BCUT2D eigenvalue weighted by atomic mass is 16.5. The van der Waals surface area contributed by atoms with E-state index in [-0.39, 0.29) is 0 Å². The number of imidazole rings is 1. The third-order valence-electron chi connectivity index (χ3n) is 3.52. The number of aromatic nitrogens is 2. The van der Waals surface area contributed by atoms with Crippen LogP contribution < -0.4 is 10.5 Å². The second-order valence-corrected chi connectivity index (χ2v) is 5.08. The largest absolute Gasteiger partial charge is 0.494 e. The molecule has 3 rings (SSSR count). The number of nitrogen functional groups attached to an aromatic ring is 1. The molecule has 0 atom stereocenters. The van der Waals surface area contributed by atoms with Crippen molar-refractivity contribution in [2.45, 2.75) is 20.3 Å². The number of pyridine rings is 1. The van der Waals surface area contributed by atoms with E-state index in [2.05, 4.69) is 18.8 Å². The first-order valence-corrected chi connectivity index (χ1v) is 7.17. The molecule has 0 saturated carbocycles. The Labute approximate surface area is 124 Å². The first kappa shape index (κ1) is 13.5. The smallest absolute Gasteiger partial charge is 0.160 e. The van der Waals surface area contributed by atoms with Crippen LogP contribution in [0.2, 0.25) is 0 Å². The van der Waals surface area contributed by atoms with Gasteiger partial charge in [0.1, 0.15) is 5.75 Å². The Bertz CT molecular complexity index is 760. The van der Waals surface area contributed by atoms with Gasteiger partial charge < -0.3 is 14.9 Å². The summed E-state index contributed by atoms with van der Waals surface area (Å²) in [5.74, 6) is 0.890. The third kappa shape index (κ3) is 2.44. The molecule has 3 aromatic rings. The van der Waals surface area contributed by atoms with Crippen LogP contribution in [0, 0.1) is 6.92 Å². The van der Waals surface area contributed by atoms with Gasteiger partial charge in [-0.25, -0.2) is 4.98 Å². The van der Waals surface area contributed by atoms with Crippen molar-refractivity contribution < 1.29 is 4.74 Å². The zero-order valence-corrected chi connectivity index (χ0v) is 12.3. The molecule has 0 radical (unpaired) electrons. The fourth-order valence-electron chi connectivity index (χ4n) is 2.41. The predicted octanol–water partition coefficient (Wildman–Crippen LogP) is 3.68. The van der Waals surface area contributed by atoms with E-state index < -0.39 is 0 Å². The Hall–Kier alpha value is -2.49. The summed E-state index contributed by atoms with van der Waals surface area (Å²) in [4.78, 5) is 4.67. The van der Waals surface area contributed by atoms with E-state index in [1.165, 1.54) is 0 Å². The molecular formula is C17H19N3O. The molecule has 2 N–H and O–H groups in total. The number of nitrogens with two attached hydrogens (primary N) is 1. The van der Waals surface area contributed by atoms with Crippen molar-refractivity contribution in [2.75, 3.05) is 12.3 Å². The lowest BCUT2D eigenvalue weighted by molar-refractivity contribution is 0.317. The minimum Gasteiger partial charge on any atom is -0.494 e. The quantitative estimate of drug-likeness (QED) is 0.793. The van der Waals surface area contributed by atoms with Gasteiger partial charge in [-0.15, -0.1) is 0 Å². The van der Waals surface area contributed by atoms with Crippen LogP contribution >= 0.6 is 0 Å². The summed E-state index contributed by atoms with van der Waals surface area (Å²) >= 11 is 0. The van der Waals surface area contributed by atoms with Crippen molar-refractivity contribution in [3.05, 3.63) is 48.3 Å². The van der Waals surface area contributed by atoms with Crippen LogP contribution in [0.3, 0.4) is 0 Å². The SMILES string of the molecule is CCCOc1ccc(-c2nc3c(N)cccn3c2C)cc1. The zero-order chi connectivity index (χ0) is 14.8. The van der Waals surface area contributed by atoms with E-state index in [0.29, 0.717) is 5.69 Å². The first-order chi connectivity index (χ1) is 10.2. The van der Waals surface area contributed by atoms with Crippen molar-refractivity contribution >= 4 is 11.3 Å². The second kappa shape index (κ2) is 5.48. The van der Waals surface area contributed by atoms with Crippen LogP contribution in [0.1, 0.15) is 19.0 Å². The molecule has 0 aliphatic heterocycles. The van der Waals surface area contributed by atoms with Gasteiger partial charge in [-0.1, -0.05) is 6.92 Å². The molecule has 0 aliphatic carbocycles. The second-order valence-electron chi connectivity index (χ2n) is 5.08. The van der Waals surface area contributed by atoms with Crippen molar-refractivity contribution in [1.82, 2.24) is 9.38 Å². The average molecular weight is 281 g/mol. The minimum atomic E-state index is 0.690. The number of anilines is 1. The highest BCUT2D eigenvalue weighted by Crippen LogP contribution is 2.27. The van der Waals surface area contributed by atoms with Gasteiger partial charge in [0.2, 0.25) is 0 Å². The Kier molecular flexibility index (Phi) is 3.52. The summed E-state index contributed by atoms with van der Waals surface area (Å²) in [7, 11) is 0. The number of aryl methyl sites for hydroxylation is 1. The molecule has 0 spiro atoms. The minimum absolute atomic E-state index is 0.690. The number of nitrogens with zero attached hydrogens (tertiary/aromatic N) is 2. The number of fused-ring (bicyclic) bond motifs is 1. The molecule has 0 saturated heterocycles. The standard InChI is InChI=1S/C17H19N3O/c1-3-11-21-14-8-6-13(7-9-14)16-12(2)20-10-4-5-15(18)17(20)19-16/h4-10H,3,11,18H2,1-2H3. The highest BCUT2D eigenvalue weighted by Gasteiger charge is 2.11. The van der Waals surface area contributed by atoms with Crippen LogP contribution in [0.15, 0.2) is 42.6 Å². The van der Waals surface area contributed by atoms with E-state index in [0.717, 1.165) is 41.4 Å². The molecule has 2 heterocycles. The maximum Gasteiger partial charge on any atom is 0.160 e. The number of hydrogen-bond donors (Lipinski definition) is 1.